The number of nitrogens with one attached hydrogen (secondary N) is 4. The number of nitrogens with zero attached hydrogens (tertiary/aromatic N) is 2. The molecule has 6 amide bonds. The number of esters is 1. The number of benzene rings is 2. The number of anilines is 2. The van der Waals surface area contributed by atoms with Crippen molar-refractivity contribution in [1.82, 2.24) is 20.9 Å². The summed E-state index contributed by atoms with van der Waals surface area (Å²) in [5, 5.41) is 22.6. The van der Waals surface area contributed by atoms with Crippen molar-refractivity contribution >= 4 is 89.0 Å². The van der Waals surface area contributed by atoms with Crippen molar-refractivity contribution in [3.05, 3.63) is 76.3 Å². The van der Waals surface area contributed by atoms with Crippen LogP contribution in [0.1, 0.15) is 84.8 Å². The minimum Gasteiger partial charge on any atom is -0.495 e. The molecule has 19 nitrogen and oxygen atoms in total. The van der Waals surface area contributed by atoms with Gasteiger partial charge in [-0.05, 0) is 88.6 Å². The topological polar surface area (TPSA) is 244 Å². The van der Waals surface area contributed by atoms with Gasteiger partial charge in [-0.1, -0.05) is 54.5 Å². The molecule has 0 radical (unpaired) electrons. The van der Waals surface area contributed by atoms with Crippen molar-refractivity contribution in [2.75, 3.05) is 50.0 Å². The molecular formula is C52H71ClN6O13S2. The number of thiol groups is 1. The van der Waals surface area contributed by atoms with Crippen LogP contribution in [-0.2, 0) is 59.9 Å². The number of rotatable bonds is 18. The number of amides is 6. The van der Waals surface area contributed by atoms with Gasteiger partial charge in [0.1, 0.15) is 52.8 Å². The number of epoxide rings is 1. The molecule has 10 unspecified atom stereocenters. The summed E-state index contributed by atoms with van der Waals surface area (Å²) in [4.78, 5) is 95.0. The first-order chi connectivity index (χ1) is 34.9. The first-order valence-corrected chi connectivity index (χ1v) is 26.6. The van der Waals surface area contributed by atoms with Gasteiger partial charge in [-0.25, -0.2) is 9.59 Å². The lowest BCUT2D eigenvalue weighted by molar-refractivity contribution is -0.162. The minimum absolute atomic E-state index is 0.0863. The first kappa shape index (κ1) is 59.6. The largest absolute Gasteiger partial charge is 0.495 e. The molecule has 406 valence electrons. The lowest BCUT2D eigenvalue weighted by Crippen LogP contribution is -2.63. The highest BCUT2D eigenvalue weighted by Gasteiger charge is 2.64. The van der Waals surface area contributed by atoms with Crippen molar-refractivity contribution in [1.29, 1.82) is 0 Å². The van der Waals surface area contributed by atoms with Gasteiger partial charge in [0.15, 0.2) is 5.72 Å². The van der Waals surface area contributed by atoms with E-state index < -0.39 is 89.6 Å². The number of aliphatic hydroxyl groups is 1. The molecule has 5 N–H and O–H groups in total. The molecule has 0 saturated carbocycles. The number of likely N-dealkylation sites (N-methyl/N-ethyl adjacent to an activating group) is 1. The molecule has 2 aromatic rings. The van der Waals surface area contributed by atoms with Gasteiger partial charge in [-0.2, -0.15) is 24.4 Å². The van der Waals surface area contributed by atoms with Crippen LogP contribution in [0.15, 0.2) is 60.2 Å². The predicted molar refractivity (Wildman–Crippen MR) is 285 cm³/mol. The zero-order chi connectivity index (χ0) is 54.7. The summed E-state index contributed by atoms with van der Waals surface area (Å²) in [6.07, 6.45) is 1.49. The van der Waals surface area contributed by atoms with E-state index in [-0.39, 0.29) is 42.5 Å². The van der Waals surface area contributed by atoms with E-state index in [0.29, 0.717) is 47.2 Å². The molecule has 0 aromatic heterocycles. The van der Waals surface area contributed by atoms with Crippen LogP contribution in [0.25, 0.3) is 0 Å². The highest BCUT2D eigenvalue weighted by Crippen LogP contribution is 2.49. The third-order valence-electron chi connectivity index (χ3n) is 13.6. The standard InChI is InChI=1S/C52H71ClN6O13S2/c1-29-13-11-14-40(69-10)52(67)27-39(70-50(66)57-52)30(2)46-51(6,72-46)41(26-44(62)59(8)37-24-35(23-29)25-38(68-9)45(37)53)71-49(65)33(5)58(7)43(61)20-22-74-28-34-16-18-36(19-17-34)56-48(64)32(4)55-47(63)31(3)54-42(60)15-12-21-73/h11,13-14,16-19,24-25,30-33,39-41,46,67,73H,12,15,20-23,26-28H2,1-10H3,(H,54,60)(H,55,63)(H,56,64)(H,57,66)/b14-11+,29-13+. The molecule has 10 atom stereocenters. The van der Waals surface area contributed by atoms with E-state index in [4.69, 9.17) is 35.3 Å². The van der Waals surface area contributed by atoms with E-state index in [2.05, 4.69) is 33.9 Å². The van der Waals surface area contributed by atoms with Gasteiger partial charge in [0, 0.05) is 63.6 Å². The Balaban J connectivity index is 1.22. The van der Waals surface area contributed by atoms with Crippen molar-refractivity contribution in [2.24, 2.45) is 5.92 Å². The van der Waals surface area contributed by atoms with Crippen LogP contribution in [-0.4, -0.2) is 145 Å². The Morgan fingerprint density at radius 1 is 1.05 bits per heavy atom. The molecule has 3 aliphatic rings. The zero-order valence-corrected chi connectivity index (χ0v) is 46.1. The third kappa shape index (κ3) is 15.4. The van der Waals surface area contributed by atoms with Crippen LogP contribution in [0.2, 0.25) is 5.02 Å². The lowest BCUT2D eigenvalue weighted by Gasteiger charge is -2.42. The Labute approximate surface area is 447 Å². The Bertz CT molecular complexity index is 2450. The summed E-state index contributed by atoms with van der Waals surface area (Å²) in [6, 6.07) is 7.94. The summed E-state index contributed by atoms with van der Waals surface area (Å²) < 4.78 is 29.5. The fourth-order valence-corrected chi connectivity index (χ4v) is 10.1. The molecule has 0 spiro atoms. The van der Waals surface area contributed by atoms with Crippen LogP contribution < -0.4 is 30.9 Å². The van der Waals surface area contributed by atoms with Gasteiger partial charge in [-0.15, -0.1) is 0 Å². The van der Waals surface area contributed by atoms with Crippen LogP contribution >= 0.6 is 36.0 Å². The molecule has 2 fully saturated rings. The van der Waals surface area contributed by atoms with E-state index in [9.17, 15) is 38.7 Å². The van der Waals surface area contributed by atoms with E-state index >= 15 is 0 Å². The second-order valence-electron chi connectivity index (χ2n) is 19.2. The average Bonchev–Trinajstić information content (AvgIpc) is 4.06. The van der Waals surface area contributed by atoms with E-state index in [0.717, 1.165) is 16.7 Å². The van der Waals surface area contributed by atoms with Gasteiger partial charge in [0.05, 0.1) is 25.3 Å². The highest BCUT2D eigenvalue weighted by molar-refractivity contribution is 7.98. The fourth-order valence-electron chi connectivity index (χ4n) is 8.70. The summed E-state index contributed by atoms with van der Waals surface area (Å²) in [5.74, 6) is -1.47. The number of thioether (sulfide) groups is 1. The molecule has 74 heavy (non-hydrogen) atoms. The van der Waals surface area contributed by atoms with Gasteiger partial charge < -0.3 is 54.5 Å². The van der Waals surface area contributed by atoms with Crippen molar-refractivity contribution in [3.8, 4) is 5.75 Å². The lowest BCUT2D eigenvalue weighted by atomic mass is 9.83. The highest BCUT2D eigenvalue weighted by atomic mass is 35.5. The average molecular weight is 1090 g/mol. The normalized spacial score (nSPS) is 26.3. The van der Waals surface area contributed by atoms with Crippen molar-refractivity contribution < 1.29 is 62.4 Å². The summed E-state index contributed by atoms with van der Waals surface area (Å²) in [7, 11) is 5.96. The van der Waals surface area contributed by atoms with Gasteiger partial charge in [-0.3, -0.25) is 29.3 Å². The monoisotopic (exact) mass is 1090 g/mol. The Kier molecular flexibility index (Phi) is 21.3. The Hall–Kier alpha value is -5.32. The van der Waals surface area contributed by atoms with E-state index in [1.807, 2.05) is 25.1 Å². The maximum atomic E-state index is 14.3. The van der Waals surface area contributed by atoms with Crippen LogP contribution in [0.5, 0.6) is 5.75 Å². The molecular weight excluding hydrogens is 1020 g/mol. The minimum atomic E-state index is -1.87. The van der Waals surface area contributed by atoms with E-state index in [1.54, 1.807) is 71.2 Å². The second-order valence-corrected chi connectivity index (χ2v) is 21.2. The molecule has 3 aliphatic heterocycles. The number of halogens is 1. The van der Waals surface area contributed by atoms with Crippen LogP contribution in [0.3, 0.4) is 0 Å². The quantitative estimate of drug-likeness (QED) is 0.0468. The molecule has 5 rings (SSSR count). The SMILES string of the molecule is COc1cc2cc(c1Cl)N(C)C(=O)CC(OC(=O)C(C)N(C)C(=O)CCSCc1ccc(NC(=O)C(C)NC(=O)C(C)NC(=O)CCCS)cc1)C1(C)OC1C(C)C1CC(O)(NC(=O)O1)C(OC)/C=C/C=C(\C)C2. The number of ether oxygens (including phenoxy) is 5. The molecule has 2 saturated heterocycles. The van der Waals surface area contributed by atoms with Crippen LogP contribution in [0, 0.1) is 5.92 Å². The Morgan fingerprint density at radius 3 is 2.41 bits per heavy atom. The number of carbonyl (C=O) groups is 7. The molecule has 22 heteroatoms. The number of allylic oxidation sites excluding steroid dienone is 3. The maximum Gasteiger partial charge on any atom is 0.409 e. The molecule has 0 aliphatic carbocycles. The summed E-state index contributed by atoms with van der Waals surface area (Å²) >= 11 is 12.4. The van der Waals surface area contributed by atoms with Gasteiger partial charge in [0.25, 0.3) is 0 Å². The smallest absolute Gasteiger partial charge is 0.409 e. The summed E-state index contributed by atoms with van der Waals surface area (Å²) in [5.41, 5.74) is 0.346. The Morgan fingerprint density at radius 2 is 1.74 bits per heavy atom. The number of methoxy groups -OCH3 is 2. The second kappa shape index (κ2) is 26.4. The molecule has 3 heterocycles. The van der Waals surface area contributed by atoms with E-state index in [1.165, 1.54) is 49.8 Å². The van der Waals surface area contributed by atoms with Crippen LogP contribution in [0.4, 0.5) is 16.2 Å². The number of hydrogen-bond donors (Lipinski definition) is 6. The number of fused-ring (bicyclic) bond motifs is 5. The first-order valence-electron chi connectivity index (χ1n) is 24.5. The maximum absolute atomic E-state index is 14.3. The van der Waals surface area contributed by atoms with Crippen molar-refractivity contribution in [2.45, 2.75) is 140 Å². The zero-order valence-electron chi connectivity index (χ0n) is 43.7. The molecule has 4 bridgehead atoms. The van der Waals surface area contributed by atoms with Gasteiger partial charge in [0.2, 0.25) is 29.5 Å². The number of alkyl carbamates (subject to hydrolysis) is 1. The molecule has 2 aromatic carbocycles. The third-order valence-corrected chi connectivity index (χ3v) is 15.3. The fraction of sp³-hybridized carbons (Fsp3) is 0.558. The predicted octanol–water partition coefficient (Wildman–Crippen LogP) is 5.50. The summed E-state index contributed by atoms with van der Waals surface area (Å²) in [6.45, 7) is 10.0. The number of hydrogen-bond acceptors (Lipinski definition) is 15. The van der Waals surface area contributed by atoms with Gasteiger partial charge >= 0.3 is 12.1 Å². The van der Waals surface area contributed by atoms with Crippen molar-refractivity contribution in [3.63, 3.8) is 0 Å². The number of carbonyl (C=O) groups excluding carboxylic acids is 7.